The zero-order valence-electron chi connectivity index (χ0n) is 9.22. The number of benzene rings is 1. The normalized spacial score (nSPS) is 16.9. The van der Waals surface area contributed by atoms with Crippen LogP contribution in [-0.4, -0.2) is 11.4 Å². The number of carbonyl (C=O) groups is 1. The zero-order valence-corrected chi connectivity index (χ0v) is 9.97. The summed E-state index contributed by atoms with van der Waals surface area (Å²) in [5.74, 6) is -0.128. The van der Waals surface area contributed by atoms with Gasteiger partial charge in [-0.2, -0.15) is 0 Å². The van der Waals surface area contributed by atoms with Gasteiger partial charge in [0.2, 0.25) is 0 Å². The van der Waals surface area contributed by atoms with Crippen LogP contribution in [0.1, 0.15) is 36.5 Å². The maximum atomic E-state index is 12.0. The molecule has 0 unspecified atom stereocenters. The second-order valence-corrected chi connectivity index (χ2v) is 4.73. The van der Waals surface area contributed by atoms with Crippen LogP contribution in [-0.2, 0) is 0 Å². The number of nitrogens with two attached hydrogens (primary N) is 1. The van der Waals surface area contributed by atoms with Gasteiger partial charge >= 0.3 is 0 Å². The molecule has 0 bridgehead atoms. The molecule has 2 rings (SSSR count). The number of amides is 1. The van der Waals surface area contributed by atoms with Gasteiger partial charge in [0.05, 0.1) is 10.6 Å². The molecule has 1 saturated carbocycles. The van der Waals surface area contributed by atoms with Crippen LogP contribution in [0.5, 0.6) is 0 Å². The van der Waals surface area contributed by atoms with Crippen molar-refractivity contribution in [3.05, 3.63) is 28.8 Å². The average molecular weight is 239 g/mol. The highest BCUT2D eigenvalue weighted by molar-refractivity contribution is 6.34. The van der Waals surface area contributed by atoms with Crippen LogP contribution >= 0.6 is 11.6 Å². The molecule has 1 aliphatic carbocycles. The Labute approximate surface area is 100.0 Å². The summed E-state index contributed by atoms with van der Waals surface area (Å²) in [5.41, 5.74) is 6.65. The molecule has 0 atom stereocenters. The molecule has 1 amide bonds. The molecular weight excluding hydrogens is 224 g/mol. The van der Waals surface area contributed by atoms with Gasteiger partial charge in [0.1, 0.15) is 0 Å². The number of carbonyl (C=O) groups excluding carboxylic acids is 1. The van der Waals surface area contributed by atoms with E-state index < -0.39 is 0 Å². The Morgan fingerprint density at radius 1 is 1.56 bits per heavy atom. The number of hydrogen-bond acceptors (Lipinski definition) is 2. The highest BCUT2D eigenvalue weighted by Gasteiger charge is 2.42. The van der Waals surface area contributed by atoms with Gasteiger partial charge in [-0.25, -0.2) is 0 Å². The summed E-state index contributed by atoms with van der Waals surface area (Å²) in [7, 11) is 0. The van der Waals surface area contributed by atoms with E-state index in [2.05, 4.69) is 12.2 Å². The number of hydrogen-bond donors (Lipinski definition) is 2. The second-order valence-electron chi connectivity index (χ2n) is 4.33. The van der Waals surface area contributed by atoms with Crippen LogP contribution in [0.4, 0.5) is 5.69 Å². The van der Waals surface area contributed by atoms with Crippen LogP contribution in [0.2, 0.25) is 5.02 Å². The first-order valence-electron chi connectivity index (χ1n) is 5.44. The molecule has 16 heavy (non-hydrogen) atoms. The number of halogens is 1. The predicted octanol–water partition coefficient (Wildman–Crippen LogP) is 2.59. The largest absolute Gasteiger partial charge is 0.399 e. The molecule has 0 heterocycles. The molecule has 4 heteroatoms. The van der Waals surface area contributed by atoms with Gasteiger partial charge in [0, 0.05) is 11.2 Å². The molecule has 86 valence electrons. The van der Waals surface area contributed by atoms with Crippen molar-refractivity contribution in [3.8, 4) is 0 Å². The van der Waals surface area contributed by atoms with Crippen LogP contribution in [0, 0.1) is 0 Å². The van der Waals surface area contributed by atoms with Crippen molar-refractivity contribution in [2.45, 2.75) is 31.7 Å². The lowest BCUT2D eigenvalue weighted by atomic mass is 10.1. The standard InChI is InChI=1S/C12H15ClN2O/c1-2-12(5-6-12)15-11(16)9-7-8(14)3-4-10(9)13/h3-4,7H,2,5-6,14H2,1H3,(H,15,16). The summed E-state index contributed by atoms with van der Waals surface area (Å²) in [4.78, 5) is 12.0. The van der Waals surface area contributed by atoms with Gasteiger partial charge in [-0.05, 0) is 37.5 Å². The second kappa shape index (κ2) is 3.98. The SMILES string of the molecule is CCC1(NC(=O)c2cc(N)ccc2Cl)CC1. The summed E-state index contributed by atoms with van der Waals surface area (Å²) >= 11 is 5.97. The lowest BCUT2D eigenvalue weighted by Crippen LogP contribution is -2.36. The lowest BCUT2D eigenvalue weighted by Gasteiger charge is -2.15. The molecule has 3 N–H and O–H groups in total. The fourth-order valence-electron chi connectivity index (χ4n) is 1.74. The third-order valence-electron chi connectivity index (χ3n) is 3.14. The molecule has 1 aromatic rings. The van der Waals surface area contributed by atoms with Gasteiger partial charge in [-0.15, -0.1) is 0 Å². The Bertz CT molecular complexity index is 427. The van der Waals surface area contributed by atoms with Gasteiger partial charge in [-0.3, -0.25) is 4.79 Å². The van der Waals surface area contributed by atoms with Gasteiger partial charge in [-0.1, -0.05) is 18.5 Å². The molecule has 0 spiro atoms. The van der Waals surface area contributed by atoms with Crippen molar-refractivity contribution >= 4 is 23.2 Å². The van der Waals surface area contributed by atoms with Crippen LogP contribution in [0.25, 0.3) is 0 Å². The molecule has 0 aliphatic heterocycles. The van der Waals surface area contributed by atoms with Crippen molar-refractivity contribution in [1.82, 2.24) is 5.32 Å². The number of nitrogen functional groups attached to an aromatic ring is 1. The summed E-state index contributed by atoms with van der Waals surface area (Å²) in [6.45, 7) is 2.08. The van der Waals surface area contributed by atoms with Crippen LogP contribution in [0.15, 0.2) is 18.2 Å². The fourth-order valence-corrected chi connectivity index (χ4v) is 1.95. The Morgan fingerprint density at radius 3 is 2.81 bits per heavy atom. The number of rotatable bonds is 3. The third-order valence-corrected chi connectivity index (χ3v) is 3.47. The number of nitrogens with one attached hydrogen (secondary N) is 1. The van der Waals surface area contributed by atoms with E-state index >= 15 is 0 Å². The zero-order chi connectivity index (χ0) is 11.8. The van der Waals surface area contributed by atoms with E-state index in [4.69, 9.17) is 17.3 Å². The van der Waals surface area contributed by atoms with Crippen molar-refractivity contribution in [1.29, 1.82) is 0 Å². The number of anilines is 1. The Balaban J connectivity index is 2.17. The molecular formula is C12H15ClN2O. The summed E-state index contributed by atoms with van der Waals surface area (Å²) < 4.78 is 0. The summed E-state index contributed by atoms with van der Waals surface area (Å²) in [6, 6.07) is 4.95. The molecule has 1 aliphatic rings. The maximum Gasteiger partial charge on any atom is 0.253 e. The molecule has 0 aromatic heterocycles. The molecule has 0 radical (unpaired) electrons. The van der Waals surface area contributed by atoms with Crippen LogP contribution < -0.4 is 11.1 Å². The monoisotopic (exact) mass is 238 g/mol. The van der Waals surface area contributed by atoms with E-state index in [0.717, 1.165) is 19.3 Å². The van der Waals surface area contributed by atoms with E-state index in [0.29, 0.717) is 16.3 Å². The van der Waals surface area contributed by atoms with E-state index in [1.807, 2.05) is 0 Å². The minimum absolute atomic E-state index is 0.00498. The van der Waals surface area contributed by atoms with Crippen molar-refractivity contribution in [2.24, 2.45) is 0 Å². The molecule has 1 fully saturated rings. The average Bonchev–Trinajstić information content (AvgIpc) is 3.02. The summed E-state index contributed by atoms with van der Waals surface area (Å²) in [5, 5.41) is 3.47. The topological polar surface area (TPSA) is 55.1 Å². The Hall–Kier alpha value is -1.22. The third kappa shape index (κ3) is 2.14. The lowest BCUT2D eigenvalue weighted by molar-refractivity contribution is 0.0930. The first-order chi connectivity index (χ1) is 7.56. The van der Waals surface area contributed by atoms with Gasteiger partial charge in [0.15, 0.2) is 0 Å². The first-order valence-corrected chi connectivity index (χ1v) is 5.82. The summed E-state index contributed by atoms with van der Waals surface area (Å²) in [6.07, 6.45) is 3.06. The Morgan fingerprint density at radius 2 is 2.25 bits per heavy atom. The van der Waals surface area contributed by atoms with E-state index in [1.54, 1.807) is 18.2 Å². The van der Waals surface area contributed by atoms with E-state index in [1.165, 1.54) is 0 Å². The smallest absolute Gasteiger partial charge is 0.253 e. The minimum atomic E-state index is -0.128. The van der Waals surface area contributed by atoms with Crippen molar-refractivity contribution in [3.63, 3.8) is 0 Å². The molecule has 3 nitrogen and oxygen atoms in total. The predicted molar refractivity (Wildman–Crippen MR) is 65.6 cm³/mol. The highest BCUT2D eigenvalue weighted by atomic mass is 35.5. The molecule has 1 aromatic carbocycles. The maximum absolute atomic E-state index is 12.0. The van der Waals surface area contributed by atoms with Crippen molar-refractivity contribution < 1.29 is 4.79 Å². The quantitative estimate of drug-likeness (QED) is 0.796. The van der Waals surface area contributed by atoms with Crippen LogP contribution in [0.3, 0.4) is 0 Å². The molecule has 0 saturated heterocycles. The first kappa shape index (κ1) is 11.3. The highest BCUT2D eigenvalue weighted by Crippen LogP contribution is 2.38. The van der Waals surface area contributed by atoms with E-state index in [9.17, 15) is 4.79 Å². The van der Waals surface area contributed by atoms with Crippen molar-refractivity contribution in [2.75, 3.05) is 5.73 Å². The van der Waals surface area contributed by atoms with Gasteiger partial charge in [0.25, 0.3) is 5.91 Å². The fraction of sp³-hybridized carbons (Fsp3) is 0.417. The van der Waals surface area contributed by atoms with Gasteiger partial charge < -0.3 is 11.1 Å². The van der Waals surface area contributed by atoms with E-state index in [-0.39, 0.29) is 11.4 Å². The minimum Gasteiger partial charge on any atom is -0.399 e. The Kier molecular flexibility index (Phi) is 2.80.